The van der Waals surface area contributed by atoms with Crippen LogP contribution >= 0.6 is 0 Å². The Kier molecular flexibility index (Phi) is 6.09. The maximum Gasteiger partial charge on any atom is 0.227 e. The molecule has 1 heterocycles. The van der Waals surface area contributed by atoms with Crippen molar-refractivity contribution in [3.05, 3.63) is 0 Å². The van der Waals surface area contributed by atoms with E-state index in [1.165, 1.54) is 6.42 Å². The van der Waals surface area contributed by atoms with Crippen molar-refractivity contribution >= 4 is 5.91 Å². The Hall–Kier alpha value is -0.610. The monoisotopic (exact) mass is 255 g/mol. The number of likely N-dealkylation sites (N-methyl/N-ethyl adjacent to an activating group) is 1. The third-order valence-electron chi connectivity index (χ3n) is 3.83. The molecule has 1 aliphatic rings. The number of hydrogen-bond acceptors (Lipinski definition) is 3. The summed E-state index contributed by atoms with van der Waals surface area (Å²) in [6, 6.07) is 0.500. The summed E-state index contributed by atoms with van der Waals surface area (Å²) in [5.41, 5.74) is 5.77. The van der Waals surface area contributed by atoms with Gasteiger partial charge in [-0.15, -0.1) is 0 Å². The van der Waals surface area contributed by atoms with Crippen molar-refractivity contribution in [2.24, 2.45) is 17.6 Å². The van der Waals surface area contributed by atoms with Crippen molar-refractivity contribution in [3.8, 4) is 0 Å². The second kappa shape index (κ2) is 7.10. The first-order valence-electron chi connectivity index (χ1n) is 7.11. The number of carbonyl (C=O) groups is 1. The lowest BCUT2D eigenvalue weighted by molar-refractivity contribution is -0.137. The van der Waals surface area contributed by atoms with Crippen LogP contribution in [0.5, 0.6) is 0 Å². The minimum Gasteiger partial charge on any atom is -0.341 e. The molecule has 0 aromatic heterocycles. The van der Waals surface area contributed by atoms with Gasteiger partial charge in [0.1, 0.15) is 0 Å². The molecule has 4 heteroatoms. The van der Waals surface area contributed by atoms with Crippen LogP contribution in [-0.2, 0) is 4.79 Å². The summed E-state index contributed by atoms with van der Waals surface area (Å²) in [5, 5.41) is 0. The minimum atomic E-state index is 0.00547. The zero-order valence-electron chi connectivity index (χ0n) is 12.4. The van der Waals surface area contributed by atoms with Gasteiger partial charge in [-0.25, -0.2) is 0 Å². The smallest absolute Gasteiger partial charge is 0.227 e. The van der Waals surface area contributed by atoms with E-state index < -0.39 is 0 Å². The quantitative estimate of drug-likeness (QED) is 0.802. The fourth-order valence-electron chi connectivity index (χ4n) is 2.70. The third-order valence-corrected chi connectivity index (χ3v) is 3.83. The van der Waals surface area contributed by atoms with Gasteiger partial charge in [0, 0.05) is 25.7 Å². The number of hydrogen-bond donors (Lipinski definition) is 1. The molecule has 4 nitrogen and oxygen atoms in total. The lowest BCUT2D eigenvalue weighted by Gasteiger charge is -2.37. The van der Waals surface area contributed by atoms with E-state index in [4.69, 9.17) is 5.73 Å². The summed E-state index contributed by atoms with van der Waals surface area (Å²) in [5.74, 6) is 0.792. The molecule has 1 rings (SSSR count). The van der Waals surface area contributed by atoms with E-state index in [1.807, 2.05) is 4.90 Å². The average molecular weight is 255 g/mol. The number of nitrogens with two attached hydrogens (primary N) is 1. The maximum atomic E-state index is 12.5. The van der Waals surface area contributed by atoms with Crippen LogP contribution in [0.2, 0.25) is 0 Å². The highest BCUT2D eigenvalue weighted by Gasteiger charge is 2.29. The van der Waals surface area contributed by atoms with Gasteiger partial charge in [-0.05, 0) is 39.3 Å². The van der Waals surface area contributed by atoms with Crippen molar-refractivity contribution in [2.45, 2.75) is 39.2 Å². The van der Waals surface area contributed by atoms with E-state index in [1.54, 1.807) is 0 Å². The molecule has 1 fully saturated rings. The van der Waals surface area contributed by atoms with E-state index in [2.05, 4.69) is 32.8 Å². The van der Waals surface area contributed by atoms with Crippen molar-refractivity contribution in [3.63, 3.8) is 0 Å². The van der Waals surface area contributed by atoms with Gasteiger partial charge >= 0.3 is 0 Å². The van der Waals surface area contributed by atoms with Crippen molar-refractivity contribution < 1.29 is 4.79 Å². The van der Waals surface area contributed by atoms with E-state index in [-0.39, 0.29) is 11.8 Å². The summed E-state index contributed by atoms with van der Waals surface area (Å²) in [6.45, 7) is 6.53. The second-order valence-electron chi connectivity index (χ2n) is 6.11. The van der Waals surface area contributed by atoms with Gasteiger partial charge in [0.25, 0.3) is 0 Å². The van der Waals surface area contributed by atoms with Gasteiger partial charge in [0.05, 0.1) is 5.92 Å². The Morgan fingerprint density at radius 2 is 2.11 bits per heavy atom. The Labute approximate surface area is 111 Å². The highest BCUT2D eigenvalue weighted by Crippen LogP contribution is 2.19. The summed E-state index contributed by atoms with van der Waals surface area (Å²) < 4.78 is 0. The first-order valence-corrected chi connectivity index (χ1v) is 7.11. The standard InChI is InChI=1S/C14H29N3O/c1-11(2)8-12(9-15)14(18)17-7-5-6-13(10-17)16(3)4/h11-13H,5-10,15H2,1-4H3. The van der Waals surface area contributed by atoms with Crippen molar-refractivity contribution in [2.75, 3.05) is 33.7 Å². The summed E-state index contributed by atoms with van der Waals surface area (Å²) in [6.07, 6.45) is 3.19. The zero-order chi connectivity index (χ0) is 13.7. The van der Waals surface area contributed by atoms with Gasteiger partial charge < -0.3 is 15.5 Å². The van der Waals surface area contributed by atoms with Gasteiger partial charge in [-0.1, -0.05) is 13.8 Å². The molecule has 1 amide bonds. The van der Waals surface area contributed by atoms with Crippen molar-refractivity contribution in [1.29, 1.82) is 0 Å². The molecule has 0 spiro atoms. The van der Waals surface area contributed by atoms with E-state index >= 15 is 0 Å². The molecule has 0 bridgehead atoms. The topological polar surface area (TPSA) is 49.6 Å². The summed E-state index contributed by atoms with van der Waals surface area (Å²) in [7, 11) is 4.18. The molecule has 0 aliphatic carbocycles. The second-order valence-corrected chi connectivity index (χ2v) is 6.11. The largest absolute Gasteiger partial charge is 0.341 e. The van der Waals surface area contributed by atoms with Crippen LogP contribution in [-0.4, -0.2) is 55.5 Å². The van der Waals surface area contributed by atoms with E-state index in [0.29, 0.717) is 18.5 Å². The molecule has 1 aliphatic heterocycles. The van der Waals surface area contributed by atoms with Crippen LogP contribution in [0.3, 0.4) is 0 Å². The van der Waals surface area contributed by atoms with Crippen LogP contribution in [0.25, 0.3) is 0 Å². The van der Waals surface area contributed by atoms with Gasteiger partial charge in [-0.3, -0.25) is 4.79 Å². The predicted molar refractivity (Wildman–Crippen MR) is 75.3 cm³/mol. The molecule has 0 radical (unpaired) electrons. The molecular formula is C14H29N3O. The molecule has 2 atom stereocenters. The highest BCUT2D eigenvalue weighted by molar-refractivity contribution is 5.79. The number of piperidine rings is 1. The average Bonchev–Trinajstić information content (AvgIpc) is 2.35. The van der Waals surface area contributed by atoms with Crippen LogP contribution in [0.15, 0.2) is 0 Å². The fourth-order valence-corrected chi connectivity index (χ4v) is 2.70. The maximum absolute atomic E-state index is 12.5. The molecule has 2 N–H and O–H groups in total. The lowest BCUT2D eigenvalue weighted by Crippen LogP contribution is -2.50. The number of rotatable bonds is 5. The zero-order valence-corrected chi connectivity index (χ0v) is 12.4. The molecule has 0 aromatic rings. The minimum absolute atomic E-state index is 0.00547. The van der Waals surface area contributed by atoms with Crippen LogP contribution < -0.4 is 5.73 Å². The molecule has 2 unspecified atom stereocenters. The third kappa shape index (κ3) is 4.25. The number of amides is 1. The number of carbonyl (C=O) groups excluding carboxylic acids is 1. The summed E-state index contributed by atoms with van der Waals surface area (Å²) >= 11 is 0. The van der Waals surface area contributed by atoms with E-state index in [9.17, 15) is 4.79 Å². The Morgan fingerprint density at radius 1 is 1.44 bits per heavy atom. The predicted octanol–water partition coefficient (Wildman–Crippen LogP) is 1.16. The lowest BCUT2D eigenvalue weighted by atomic mass is 9.94. The Balaban J connectivity index is 2.58. The van der Waals surface area contributed by atoms with Gasteiger partial charge in [0.2, 0.25) is 5.91 Å². The molecule has 18 heavy (non-hydrogen) atoms. The van der Waals surface area contributed by atoms with Crippen LogP contribution in [0, 0.1) is 11.8 Å². The van der Waals surface area contributed by atoms with Crippen molar-refractivity contribution in [1.82, 2.24) is 9.80 Å². The molecule has 0 aromatic carbocycles. The highest BCUT2D eigenvalue weighted by atomic mass is 16.2. The molecule has 0 saturated carbocycles. The summed E-state index contributed by atoms with van der Waals surface area (Å²) in [4.78, 5) is 16.7. The normalized spacial score (nSPS) is 22.6. The van der Waals surface area contributed by atoms with Gasteiger partial charge in [0.15, 0.2) is 0 Å². The fraction of sp³-hybridized carbons (Fsp3) is 0.929. The molecular weight excluding hydrogens is 226 g/mol. The van der Waals surface area contributed by atoms with Crippen LogP contribution in [0.1, 0.15) is 33.1 Å². The van der Waals surface area contributed by atoms with Crippen LogP contribution in [0.4, 0.5) is 0 Å². The van der Waals surface area contributed by atoms with Gasteiger partial charge in [-0.2, -0.15) is 0 Å². The molecule has 1 saturated heterocycles. The number of nitrogens with zero attached hydrogens (tertiary/aromatic N) is 2. The Bertz CT molecular complexity index is 266. The first-order chi connectivity index (χ1) is 8.45. The molecule has 106 valence electrons. The SMILES string of the molecule is CC(C)CC(CN)C(=O)N1CCCC(N(C)C)C1. The number of likely N-dealkylation sites (tertiary alicyclic amines) is 1. The first kappa shape index (κ1) is 15.4. The van der Waals surface area contributed by atoms with E-state index in [0.717, 1.165) is 25.9 Å². The Morgan fingerprint density at radius 3 is 2.61 bits per heavy atom.